The lowest BCUT2D eigenvalue weighted by Crippen LogP contribution is -2.02. The number of rotatable bonds is 2. The predicted octanol–water partition coefficient (Wildman–Crippen LogP) is 0.997. The van der Waals surface area contributed by atoms with Gasteiger partial charge in [-0.25, -0.2) is 9.97 Å². The second kappa shape index (κ2) is 3.93. The van der Waals surface area contributed by atoms with Crippen LogP contribution in [0.5, 0.6) is 0 Å². The van der Waals surface area contributed by atoms with Crippen molar-refractivity contribution in [2.24, 2.45) is 5.73 Å². The van der Waals surface area contributed by atoms with E-state index in [9.17, 15) is 0 Å². The van der Waals surface area contributed by atoms with E-state index in [4.69, 9.17) is 5.73 Å². The molecule has 2 aromatic rings. The standard InChI is InChI=1S/C10H10N4/c11-5-10-9(6-13-7-14-10)8-1-3-12-4-2-8/h1-4,6-7H,5,11H2. The van der Waals surface area contributed by atoms with E-state index in [0.717, 1.165) is 16.8 Å². The van der Waals surface area contributed by atoms with Crippen LogP contribution in [0.15, 0.2) is 37.1 Å². The molecule has 0 aliphatic rings. The Balaban J connectivity index is 2.51. The van der Waals surface area contributed by atoms with Crippen LogP contribution in [0.2, 0.25) is 0 Å². The Morgan fingerprint density at radius 3 is 2.64 bits per heavy atom. The fraction of sp³-hybridized carbons (Fsp3) is 0.100. The molecule has 0 amide bonds. The van der Waals surface area contributed by atoms with Gasteiger partial charge in [0.25, 0.3) is 0 Å². The zero-order valence-corrected chi connectivity index (χ0v) is 7.59. The highest BCUT2D eigenvalue weighted by Crippen LogP contribution is 2.19. The summed E-state index contributed by atoms with van der Waals surface area (Å²) in [6, 6.07) is 3.83. The zero-order chi connectivity index (χ0) is 9.80. The lowest BCUT2D eigenvalue weighted by atomic mass is 10.1. The van der Waals surface area contributed by atoms with Crippen LogP contribution >= 0.6 is 0 Å². The summed E-state index contributed by atoms with van der Waals surface area (Å²) in [6.07, 6.45) is 6.75. The monoisotopic (exact) mass is 186 g/mol. The molecule has 0 saturated carbocycles. The molecule has 4 nitrogen and oxygen atoms in total. The average molecular weight is 186 g/mol. The Kier molecular flexibility index (Phi) is 2.46. The smallest absolute Gasteiger partial charge is 0.115 e. The molecule has 0 aromatic carbocycles. The predicted molar refractivity (Wildman–Crippen MR) is 53.2 cm³/mol. The molecule has 0 atom stereocenters. The van der Waals surface area contributed by atoms with Crippen molar-refractivity contribution in [2.45, 2.75) is 6.54 Å². The van der Waals surface area contributed by atoms with E-state index in [1.54, 1.807) is 18.6 Å². The molecule has 14 heavy (non-hydrogen) atoms. The molecule has 2 N–H and O–H groups in total. The SMILES string of the molecule is NCc1ncncc1-c1ccncc1. The normalized spacial score (nSPS) is 10.1. The highest BCUT2D eigenvalue weighted by atomic mass is 14.8. The summed E-state index contributed by atoms with van der Waals surface area (Å²) >= 11 is 0. The Morgan fingerprint density at radius 1 is 1.14 bits per heavy atom. The van der Waals surface area contributed by atoms with Gasteiger partial charge in [0.2, 0.25) is 0 Å². The molecule has 4 heteroatoms. The molecule has 0 bridgehead atoms. The molecule has 2 heterocycles. The van der Waals surface area contributed by atoms with Crippen molar-refractivity contribution >= 4 is 0 Å². The molecule has 0 saturated heterocycles. The van der Waals surface area contributed by atoms with Gasteiger partial charge in [-0.3, -0.25) is 4.98 Å². The largest absolute Gasteiger partial charge is 0.325 e. The van der Waals surface area contributed by atoms with E-state index in [0.29, 0.717) is 6.54 Å². The van der Waals surface area contributed by atoms with E-state index in [2.05, 4.69) is 15.0 Å². The average Bonchev–Trinajstić information content (AvgIpc) is 2.30. The maximum absolute atomic E-state index is 5.58. The first-order valence-electron chi connectivity index (χ1n) is 4.31. The van der Waals surface area contributed by atoms with Gasteiger partial charge >= 0.3 is 0 Å². The van der Waals surface area contributed by atoms with Crippen LogP contribution < -0.4 is 5.73 Å². The summed E-state index contributed by atoms with van der Waals surface area (Å²) in [6.45, 7) is 0.417. The molecule has 0 spiro atoms. The van der Waals surface area contributed by atoms with Crippen LogP contribution in [0.4, 0.5) is 0 Å². The maximum Gasteiger partial charge on any atom is 0.115 e. The summed E-state index contributed by atoms with van der Waals surface area (Å²) in [5.41, 5.74) is 8.45. The van der Waals surface area contributed by atoms with Crippen molar-refractivity contribution in [2.75, 3.05) is 0 Å². The first kappa shape index (κ1) is 8.77. The van der Waals surface area contributed by atoms with Crippen LogP contribution in [0.3, 0.4) is 0 Å². The number of pyridine rings is 1. The number of nitrogens with zero attached hydrogens (tertiary/aromatic N) is 3. The van der Waals surface area contributed by atoms with Gasteiger partial charge in [-0.15, -0.1) is 0 Å². The molecular weight excluding hydrogens is 176 g/mol. The van der Waals surface area contributed by atoms with Crippen molar-refractivity contribution in [3.05, 3.63) is 42.7 Å². The van der Waals surface area contributed by atoms with Gasteiger partial charge in [-0.1, -0.05) is 0 Å². The van der Waals surface area contributed by atoms with Crippen LogP contribution in [-0.4, -0.2) is 15.0 Å². The van der Waals surface area contributed by atoms with Crippen molar-refractivity contribution in [3.8, 4) is 11.1 Å². The van der Waals surface area contributed by atoms with Gasteiger partial charge in [0.1, 0.15) is 6.33 Å². The summed E-state index contributed by atoms with van der Waals surface area (Å²) in [4.78, 5) is 12.1. The number of hydrogen-bond acceptors (Lipinski definition) is 4. The van der Waals surface area contributed by atoms with Gasteiger partial charge in [0.05, 0.1) is 5.69 Å². The van der Waals surface area contributed by atoms with Crippen LogP contribution in [0, 0.1) is 0 Å². The second-order valence-electron chi connectivity index (χ2n) is 2.82. The summed E-state index contributed by atoms with van der Waals surface area (Å²) < 4.78 is 0. The van der Waals surface area contributed by atoms with Crippen molar-refractivity contribution in [1.82, 2.24) is 15.0 Å². The molecule has 0 radical (unpaired) electrons. The summed E-state index contributed by atoms with van der Waals surface area (Å²) in [5.74, 6) is 0. The van der Waals surface area contributed by atoms with Gasteiger partial charge in [0, 0.05) is 30.7 Å². The lowest BCUT2D eigenvalue weighted by molar-refractivity contribution is 0.967. The minimum atomic E-state index is 0.417. The molecule has 0 aliphatic heterocycles. The van der Waals surface area contributed by atoms with Crippen LogP contribution in [0.25, 0.3) is 11.1 Å². The second-order valence-corrected chi connectivity index (χ2v) is 2.82. The molecule has 2 rings (SSSR count). The Labute approximate surface area is 81.9 Å². The Bertz CT molecular complexity index is 413. The zero-order valence-electron chi connectivity index (χ0n) is 7.59. The Hall–Kier alpha value is -1.81. The molecule has 0 aliphatic carbocycles. The first-order chi connectivity index (χ1) is 6.92. The van der Waals surface area contributed by atoms with Gasteiger partial charge in [-0.2, -0.15) is 0 Å². The number of nitrogens with two attached hydrogens (primary N) is 1. The van der Waals surface area contributed by atoms with Crippen molar-refractivity contribution < 1.29 is 0 Å². The van der Waals surface area contributed by atoms with Crippen LogP contribution in [0.1, 0.15) is 5.69 Å². The van der Waals surface area contributed by atoms with E-state index >= 15 is 0 Å². The van der Waals surface area contributed by atoms with Crippen LogP contribution in [-0.2, 0) is 6.54 Å². The highest BCUT2D eigenvalue weighted by Gasteiger charge is 2.03. The van der Waals surface area contributed by atoms with E-state index in [1.165, 1.54) is 6.33 Å². The maximum atomic E-state index is 5.58. The number of hydrogen-bond donors (Lipinski definition) is 1. The lowest BCUT2D eigenvalue weighted by Gasteiger charge is -2.04. The minimum Gasteiger partial charge on any atom is -0.325 e. The number of aromatic nitrogens is 3. The fourth-order valence-corrected chi connectivity index (χ4v) is 1.29. The third-order valence-corrected chi connectivity index (χ3v) is 1.98. The Morgan fingerprint density at radius 2 is 1.93 bits per heavy atom. The van der Waals surface area contributed by atoms with E-state index < -0.39 is 0 Å². The molecule has 70 valence electrons. The van der Waals surface area contributed by atoms with Crippen molar-refractivity contribution in [1.29, 1.82) is 0 Å². The summed E-state index contributed by atoms with van der Waals surface area (Å²) in [5, 5.41) is 0. The molecule has 0 unspecified atom stereocenters. The van der Waals surface area contributed by atoms with Crippen molar-refractivity contribution in [3.63, 3.8) is 0 Å². The highest BCUT2D eigenvalue weighted by molar-refractivity contribution is 5.64. The van der Waals surface area contributed by atoms with Gasteiger partial charge in [-0.05, 0) is 17.7 Å². The molecule has 0 fully saturated rings. The first-order valence-corrected chi connectivity index (χ1v) is 4.31. The third-order valence-electron chi connectivity index (χ3n) is 1.98. The van der Waals surface area contributed by atoms with Gasteiger partial charge in [0.15, 0.2) is 0 Å². The molecular formula is C10H10N4. The van der Waals surface area contributed by atoms with E-state index in [-0.39, 0.29) is 0 Å². The topological polar surface area (TPSA) is 64.7 Å². The summed E-state index contributed by atoms with van der Waals surface area (Å²) in [7, 11) is 0. The quantitative estimate of drug-likeness (QED) is 0.759. The molecule has 2 aromatic heterocycles. The fourth-order valence-electron chi connectivity index (χ4n) is 1.29. The van der Waals surface area contributed by atoms with Gasteiger partial charge < -0.3 is 5.73 Å². The minimum absolute atomic E-state index is 0.417. The third kappa shape index (κ3) is 1.60. The van der Waals surface area contributed by atoms with E-state index in [1.807, 2.05) is 12.1 Å².